The number of hydrogen-bond donors (Lipinski definition) is 2. The summed E-state index contributed by atoms with van der Waals surface area (Å²) in [5.41, 5.74) is 8.35. The summed E-state index contributed by atoms with van der Waals surface area (Å²) in [7, 11) is 4.11. The van der Waals surface area contributed by atoms with E-state index >= 15 is 0 Å². The molecule has 0 aliphatic heterocycles. The summed E-state index contributed by atoms with van der Waals surface area (Å²) >= 11 is 0. The van der Waals surface area contributed by atoms with E-state index in [0.29, 0.717) is 19.5 Å². The van der Waals surface area contributed by atoms with Gasteiger partial charge in [0.05, 0.1) is 0 Å². The molecule has 0 spiro atoms. The van der Waals surface area contributed by atoms with Gasteiger partial charge >= 0.3 is 0 Å². The van der Waals surface area contributed by atoms with Crippen LogP contribution in [0.4, 0.5) is 0 Å². The van der Waals surface area contributed by atoms with Crippen LogP contribution in [0.1, 0.15) is 36.8 Å². The van der Waals surface area contributed by atoms with E-state index in [1.54, 1.807) is 0 Å². The Bertz CT molecular complexity index is 475. The lowest BCUT2D eigenvalue weighted by Gasteiger charge is -2.40. The number of benzene rings is 1. The lowest BCUT2D eigenvalue weighted by Crippen LogP contribution is -2.41. The second-order valence-electron chi connectivity index (χ2n) is 6.52. The fraction of sp³-hybridized carbons (Fsp3) is 0.588. The van der Waals surface area contributed by atoms with Crippen LogP contribution < -0.4 is 11.1 Å². The lowest BCUT2D eigenvalue weighted by molar-refractivity contribution is -0.124. The first-order chi connectivity index (χ1) is 10.0. The molecule has 2 rings (SSSR count). The molecule has 0 bridgehead atoms. The van der Waals surface area contributed by atoms with Crippen LogP contribution in [0.3, 0.4) is 0 Å². The van der Waals surface area contributed by atoms with Gasteiger partial charge in [-0.1, -0.05) is 30.7 Å². The molecule has 1 fully saturated rings. The van der Waals surface area contributed by atoms with E-state index in [0.717, 1.165) is 19.4 Å². The molecule has 0 radical (unpaired) electrons. The fourth-order valence-electron chi connectivity index (χ4n) is 2.95. The van der Waals surface area contributed by atoms with E-state index in [-0.39, 0.29) is 11.3 Å². The van der Waals surface area contributed by atoms with Gasteiger partial charge in [0, 0.05) is 19.5 Å². The molecule has 0 unspecified atom stereocenters. The molecule has 0 saturated heterocycles. The zero-order valence-electron chi connectivity index (χ0n) is 13.2. The third-order valence-electron chi connectivity index (χ3n) is 4.46. The van der Waals surface area contributed by atoms with Gasteiger partial charge in [0.2, 0.25) is 5.91 Å². The Balaban J connectivity index is 1.89. The number of nitrogens with two attached hydrogens (primary N) is 1. The molecule has 4 heteroatoms. The van der Waals surface area contributed by atoms with Crippen LogP contribution >= 0.6 is 0 Å². The first-order valence-corrected chi connectivity index (χ1v) is 7.73. The molecule has 1 aromatic carbocycles. The van der Waals surface area contributed by atoms with Crippen molar-refractivity contribution >= 4 is 5.91 Å². The first-order valence-electron chi connectivity index (χ1n) is 7.73. The van der Waals surface area contributed by atoms with Crippen LogP contribution in [0.15, 0.2) is 24.3 Å². The highest BCUT2D eigenvalue weighted by Crippen LogP contribution is 2.42. The van der Waals surface area contributed by atoms with Gasteiger partial charge in [0.15, 0.2) is 0 Å². The first kappa shape index (κ1) is 16.0. The summed E-state index contributed by atoms with van der Waals surface area (Å²) < 4.78 is 0. The number of amides is 1. The van der Waals surface area contributed by atoms with E-state index in [1.165, 1.54) is 17.5 Å². The molecule has 1 aliphatic rings. The second-order valence-corrected chi connectivity index (χ2v) is 6.52. The van der Waals surface area contributed by atoms with E-state index in [4.69, 9.17) is 5.73 Å². The molecule has 0 atom stereocenters. The van der Waals surface area contributed by atoms with Crippen molar-refractivity contribution < 1.29 is 4.79 Å². The van der Waals surface area contributed by atoms with Crippen molar-refractivity contribution in [1.29, 1.82) is 0 Å². The Hall–Kier alpha value is -1.39. The van der Waals surface area contributed by atoms with Gasteiger partial charge in [-0.25, -0.2) is 0 Å². The molecule has 3 N–H and O–H groups in total. The summed E-state index contributed by atoms with van der Waals surface area (Å²) in [4.78, 5) is 14.3. The van der Waals surface area contributed by atoms with E-state index in [2.05, 4.69) is 36.4 Å². The molecule has 0 heterocycles. The molecule has 0 aromatic heterocycles. The highest BCUT2D eigenvalue weighted by molar-refractivity contribution is 5.76. The maximum atomic E-state index is 12.1. The van der Waals surface area contributed by atoms with Crippen LogP contribution in [0.25, 0.3) is 0 Å². The number of nitrogens with zero attached hydrogens (tertiary/aromatic N) is 1. The molecule has 21 heavy (non-hydrogen) atoms. The molecule has 1 aromatic rings. The summed E-state index contributed by atoms with van der Waals surface area (Å²) in [5.74, 6) is 0.125. The van der Waals surface area contributed by atoms with Gasteiger partial charge in [-0.15, -0.1) is 0 Å². The minimum Gasteiger partial charge on any atom is -0.352 e. The molecular weight excluding hydrogens is 262 g/mol. The third-order valence-corrected chi connectivity index (χ3v) is 4.46. The Morgan fingerprint density at radius 3 is 2.48 bits per heavy atom. The topological polar surface area (TPSA) is 58.4 Å². The van der Waals surface area contributed by atoms with Crippen molar-refractivity contribution in [1.82, 2.24) is 10.2 Å². The summed E-state index contributed by atoms with van der Waals surface area (Å²) in [6.45, 7) is 2.11. The minimum atomic E-state index is 0.0766. The summed E-state index contributed by atoms with van der Waals surface area (Å²) in [5, 5.41) is 3.06. The Labute approximate surface area is 127 Å². The molecule has 1 amide bonds. The van der Waals surface area contributed by atoms with Gasteiger partial charge in [-0.2, -0.15) is 0 Å². The van der Waals surface area contributed by atoms with Crippen molar-refractivity contribution in [3.63, 3.8) is 0 Å². The molecule has 1 saturated carbocycles. The van der Waals surface area contributed by atoms with Crippen LogP contribution in [-0.4, -0.2) is 31.4 Å². The normalized spacial score (nSPS) is 16.6. The molecule has 4 nitrogen and oxygen atoms in total. The Morgan fingerprint density at radius 2 is 1.95 bits per heavy atom. The largest absolute Gasteiger partial charge is 0.352 e. The Kier molecular flexibility index (Phi) is 5.37. The predicted octanol–water partition coefficient (Wildman–Crippen LogP) is 1.88. The molecule has 116 valence electrons. The van der Waals surface area contributed by atoms with E-state index in [1.807, 2.05) is 12.1 Å². The number of nitrogens with one attached hydrogen (secondary N) is 1. The summed E-state index contributed by atoms with van der Waals surface area (Å²) in [6, 6.07) is 8.27. The fourth-order valence-corrected chi connectivity index (χ4v) is 2.95. The average Bonchev–Trinajstić information content (AvgIpc) is 2.41. The third kappa shape index (κ3) is 4.29. The van der Waals surface area contributed by atoms with Crippen molar-refractivity contribution in [3.8, 4) is 0 Å². The quantitative estimate of drug-likeness (QED) is 0.806. The highest BCUT2D eigenvalue weighted by atomic mass is 16.1. The average molecular weight is 289 g/mol. The van der Waals surface area contributed by atoms with E-state index < -0.39 is 0 Å². The van der Waals surface area contributed by atoms with Crippen molar-refractivity contribution in [2.24, 2.45) is 11.1 Å². The van der Waals surface area contributed by atoms with Crippen molar-refractivity contribution in [3.05, 3.63) is 35.4 Å². The van der Waals surface area contributed by atoms with Crippen LogP contribution in [0.2, 0.25) is 0 Å². The van der Waals surface area contributed by atoms with Gasteiger partial charge in [0.25, 0.3) is 0 Å². The zero-order chi connectivity index (χ0) is 15.3. The lowest BCUT2D eigenvalue weighted by atomic mass is 9.66. The summed E-state index contributed by atoms with van der Waals surface area (Å²) in [6.07, 6.45) is 3.96. The maximum Gasteiger partial charge on any atom is 0.220 e. The number of carbonyl (C=O) groups excluding carboxylic acids is 1. The van der Waals surface area contributed by atoms with Crippen molar-refractivity contribution in [2.75, 3.05) is 20.6 Å². The number of hydrogen-bond acceptors (Lipinski definition) is 3. The second kappa shape index (κ2) is 7.05. The Morgan fingerprint density at radius 1 is 1.29 bits per heavy atom. The predicted molar refractivity (Wildman–Crippen MR) is 85.6 cm³/mol. The zero-order valence-corrected chi connectivity index (χ0v) is 13.2. The van der Waals surface area contributed by atoms with Gasteiger partial charge in [-0.3, -0.25) is 4.79 Å². The van der Waals surface area contributed by atoms with Crippen molar-refractivity contribution in [2.45, 2.75) is 38.8 Å². The maximum absolute atomic E-state index is 12.1. The van der Waals surface area contributed by atoms with Crippen LogP contribution in [-0.2, 0) is 17.9 Å². The van der Waals surface area contributed by atoms with Crippen LogP contribution in [0.5, 0.6) is 0 Å². The smallest absolute Gasteiger partial charge is 0.220 e. The van der Waals surface area contributed by atoms with Gasteiger partial charge in [-0.05, 0) is 50.0 Å². The van der Waals surface area contributed by atoms with E-state index in [9.17, 15) is 4.79 Å². The van der Waals surface area contributed by atoms with Gasteiger partial charge in [0.1, 0.15) is 0 Å². The number of carbonyl (C=O) groups is 1. The minimum absolute atomic E-state index is 0.0766. The standard InChI is InChI=1S/C17H27N3O/c1-20(2)12-15-7-4-3-6-14(15)11-19-16(21)10-17(13-18)8-5-9-17/h3-4,6-7H,5,8-13,18H2,1-2H3,(H,19,21). The number of rotatable bonds is 7. The van der Waals surface area contributed by atoms with Crippen LogP contribution in [0, 0.1) is 5.41 Å². The SMILES string of the molecule is CN(C)Cc1ccccc1CNC(=O)CC1(CN)CCC1. The molecular formula is C17H27N3O. The van der Waals surface area contributed by atoms with Gasteiger partial charge < -0.3 is 16.0 Å². The monoisotopic (exact) mass is 289 g/mol. The highest BCUT2D eigenvalue weighted by Gasteiger charge is 2.37. The molecule has 1 aliphatic carbocycles.